The molecule has 0 aromatic heterocycles. The van der Waals surface area contributed by atoms with Gasteiger partial charge in [0.15, 0.2) is 0 Å². The highest BCUT2D eigenvalue weighted by atomic mass is 35.5. The molecule has 3 fully saturated rings. The molecule has 2 unspecified atom stereocenters. The molecule has 10 heteroatoms. The van der Waals surface area contributed by atoms with Crippen molar-refractivity contribution < 1.29 is 29.6 Å². The van der Waals surface area contributed by atoms with E-state index < -0.39 is 47.3 Å². The number of nitrogens with zero attached hydrogens (tertiary/aromatic N) is 1. The Morgan fingerprint density at radius 3 is 2.52 bits per heavy atom. The lowest BCUT2D eigenvalue weighted by Gasteiger charge is -2.44. The van der Waals surface area contributed by atoms with Crippen LogP contribution in [0.25, 0.3) is 0 Å². The summed E-state index contributed by atoms with van der Waals surface area (Å²) in [7, 11) is 1.94. The van der Waals surface area contributed by atoms with Crippen molar-refractivity contribution in [2.75, 3.05) is 26.5 Å². The molecule has 3 aliphatic heterocycles. The summed E-state index contributed by atoms with van der Waals surface area (Å²) in [6, 6.07) is -1.21. The quantitative estimate of drug-likeness (QED) is 0.377. The van der Waals surface area contributed by atoms with Crippen molar-refractivity contribution in [3.8, 4) is 0 Å². The Balaban J connectivity index is 1.72. The molecule has 3 rings (SSSR count). The molecule has 0 aromatic rings. The summed E-state index contributed by atoms with van der Waals surface area (Å²) < 4.78 is 12.1. The number of ether oxygens (including phenoxy) is 2. The van der Waals surface area contributed by atoms with Crippen LogP contribution in [0.15, 0.2) is 0 Å². The van der Waals surface area contributed by atoms with Crippen LogP contribution in [0.5, 0.6) is 0 Å². The number of carbonyl (C=O) groups is 1. The van der Waals surface area contributed by atoms with Gasteiger partial charge in [0.1, 0.15) is 35.9 Å². The molecule has 3 heterocycles. The number of nitrogens with one attached hydrogen (secondary N) is 1. The third kappa shape index (κ3) is 6.17. The van der Waals surface area contributed by atoms with E-state index in [0.29, 0.717) is 24.4 Å². The Labute approximate surface area is 206 Å². The van der Waals surface area contributed by atoms with Gasteiger partial charge in [-0.1, -0.05) is 13.8 Å². The molecule has 0 aliphatic carbocycles. The van der Waals surface area contributed by atoms with Gasteiger partial charge in [-0.3, -0.25) is 9.69 Å². The van der Waals surface area contributed by atoms with Gasteiger partial charge < -0.3 is 30.1 Å². The number of aliphatic hydroxyl groups is 3. The molecule has 0 bridgehead atoms. The molecular formula is C23H41ClN2O6S. The highest BCUT2D eigenvalue weighted by Crippen LogP contribution is 2.37. The second kappa shape index (κ2) is 11.7. The third-order valence-corrected chi connectivity index (χ3v) is 8.44. The van der Waals surface area contributed by atoms with E-state index in [1.54, 1.807) is 13.2 Å². The fourth-order valence-corrected chi connectivity index (χ4v) is 6.64. The Morgan fingerprint density at radius 1 is 1.21 bits per heavy atom. The van der Waals surface area contributed by atoms with Crippen molar-refractivity contribution in [3.05, 3.63) is 0 Å². The number of aliphatic hydroxyl groups excluding tert-OH is 3. The Morgan fingerprint density at radius 2 is 1.91 bits per heavy atom. The van der Waals surface area contributed by atoms with Crippen LogP contribution in [0.3, 0.4) is 0 Å². The summed E-state index contributed by atoms with van der Waals surface area (Å²) in [6.45, 7) is 7.64. The van der Waals surface area contributed by atoms with E-state index in [-0.39, 0.29) is 12.0 Å². The number of hydrogen-bond acceptors (Lipinski definition) is 8. The van der Waals surface area contributed by atoms with Crippen molar-refractivity contribution >= 4 is 29.3 Å². The number of thioether (sulfide) groups is 1. The van der Waals surface area contributed by atoms with E-state index in [2.05, 4.69) is 19.2 Å². The summed E-state index contributed by atoms with van der Waals surface area (Å²) in [6.07, 6.45) is -0.163. The Kier molecular flexibility index (Phi) is 9.77. The molecule has 8 nitrogen and oxygen atoms in total. The minimum atomic E-state index is -1.39. The van der Waals surface area contributed by atoms with Gasteiger partial charge in [-0.2, -0.15) is 0 Å². The van der Waals surface area contributed by atoms with Crippen molar-refractivity contribution in [2.45, 2.75) is 93.5 Å². The predicted molar refractivity (Wildman–Crippen MR) is 129 cm³/mol. The maximum atomic E-state index is 13.5. The molecule has 11 atom stereocenters. The average Bonchev–Trinajstić information content (AvgIpc) is 2.92. The number of rotatable bonds is 7. The Hall–Kier alpha value is -0.130. The Bertz CT molecular complexity index is 656. The first-order chi connectivity index (χ1) is 15.5. The molecule has 192 valence electrons. The zero-order valence-corrected chi connectivity index (χ0v) is 21.8. The van der Waals surface area contributed by atoms with Crippen LogP contribution in [0, 0.1) is 17.8 Å². The largest absolute Gasteiger partial charge is 0.388 e. The first kappa shape index (κ1) is 27.5. The minimum absolute atomic E-state index is 0.193. The van der Waals surface area contributed by atoms with E-state index in [0.717, 1.165) is 19.4 Å². The molecule has 0 radical (unpaired) electrons. The van der Waals surface area contributed by atoms with Crippen LogP contribution in [-0.2, 0) is 14.3 Å². The second-order valence-corrected chi connectivity index (χ2v) is 12.0. The summed E-state index contributed by atoms with van der Waals surface area (Å²) in [5.74, 6) is 1.31. The first-order valence-electron chi connectivity index (χ1n) is 12.0. The molecule has 0 saturated carbocycles. The number of fused-ring (bicyclic) bond motifs is 1. The van der Waals surface area contributed by atoms with Gasteiger partial charge in [0, 0.05) is 19.1 Å². The van der Waals surface area contributed by atoms with E-state index in [4.69, 9.17) is 21.1 Å². The molecule has 3 aliphatic rings. The summed E-state index contributed by atoms with van der Waals surface area (Å²) in [5.41, 5.74) is -0.732. The SMILES string of the molecule is CSC1O[C@H]([C@H](NC(=O)[C@@H]2[C@@H]3OCC[C@@H](CC(C)C)C[C@H]3CN2C)[C@H](C)Cl)C(O)[C@@H](O)[C@H]1O. The van der Waals surface area contributed by atoms with E-state index in [1.807, 2.05) is 11.9 Å². The predicted octanol–water partition coefficient (Wildman–Crippen LogP) is 1.04. The van der Waals surface area contributed by atoms with Gasteiger partial charge in [-0.25, -0.2) is 0 Å². The smallest absolute Gasteiger partial charge is 0.240 e. The number of halogens is 1. The van der Waals surface area contributed by atoms with Gasteiger partial charge in [0.2, 0.25) is 5.91 Å². The normalized spacial score (nSPS) is 41.9. The van der Waals surface area contributed by atoms with Crippen LogP contribution in [-0.4, -0.2) is 106 Å². The first-order valence-corrected chi connectivity index (χ1v) is 13.8. The summed E-state index contributed by atoms with van der Waals surface area (Å²) >= 11 is 7.67. The standard InChI is InChI=1S/C23H41ClN2O6S/c1-11(2)8-13-6-7-31-20-14(9-13)10-26(4)16(20)22(30)25-15(12(3)24)21-18(28)17(27)19(29)23(32-21)33-5/h11-21,23,27-29H,6-10H2,1-5H3,(H,25,30)/t12-,13-,14-,15+,16-,17+,18?,19+,20+,21+,23?/m0/s1. The molecule has 4 N–H and O–H groups in total. The molecule has 1 amide bonds. The minimum Gasteiger partial charge on any atom is -0.388 e. The van der Waals surface area contributed by atoms with Crippen molar-refractivity contribution in [1.82, 2.24) is 10.2 Å². The van der Waals surface area contributed by atoms with Crippen LogP contribution < -0.4 is 5.32 Å². The second-order valence-electron chi connectivity index (χ2n) is 10.4. The molecule has 0 aromatic carbocycles. The monoisotopic (exact) mass is 508 g/mol. The number of hydrogen-bond donors (Lipinski definition) is 4. The zero-order chi connectivity index (χ0) is 24.4. The fourth-order valence-electron chi connectivity index (χ4n) is 5.75. The summed E-state index contributed by atoms with van der Waals surface area (Å²) in [5, 5.41) is 33.5. The maximum Gasteiger partial charge on any atom is 0.240 e. The maximum absolute atomic E-state index is 13.5. The van der Waals surface area contributed by atoms with E-state index in [1.165, 1.54) is 18.2 Å². The fraction of sp³-hybridized carbons (Fsp3) is 0.957. The lowest BCUT2D eigenvalue weighted by Crippen LogP contribution is -2.65. The zero-order valence-electron chi connectivity index (χ0n) is 20.3. The van der Waals surface area contributed by atoms with Crippen LogP contribution in [0.1, 0.15) is 40.0 Å². The topological polar surface area (TPSA) is 111 Å². The average molecular weight is 509 g/mol. The number of alkyl halides is 1. The highest BCUT2D eigenvalue weighted by molar-refractivity contribution is 7.99. The van der Waals surface area contributed by atoms with Crippen LogP contribution in [0.2, 0.25) is 0 Å². The summed E-state index contributed by atoms with van der Waals surface area (Å²) in [4.78, 5) is 15.5. The number of likely N-dealkylation sites (tertiary alicyclic amines) is 1. The van der Waals surface area contributed by atoms with Gasteiger partial charge in [0.05, 0.1) is 17.5 Å². The van der Waals surface area contributed by atoms with Gasteiger partial charge in [0.25, 0.3) is 0 Å². The van der Waals surface area contributed by atoms with Crippen molar-refractivity contribution in [2.24, 2.45) is 17.8 Å². The highest BCUT2D eigenvalue weighted by Gasteiger charge is 2.50. The molecule has 0 spiro atoms. The van der Waals surface area contributed by atoms with Gasteiger partial charge >= 0.3 is 0 Å². The molecule has 33 heavy (non-hydrogen) atoms. The van der Waals surface area contributed by atoms with Crippen molar-refractivity contribution in [3.63, 3.8) is 0 Å². The van der Waals surface area contributed by atoms with E-state index in [9.17, 15) is 20.1 Å². The molecule has 3 saturated heterocycles. The number of carbonyl (C=O) groups excluding carboxylic acids is 1. The third-order valence-electron chi connectivity index (χ3n) is 7.32. The van der Waals surface area contributed by atoms with Gasteiger partial charge in [-0.05, 0) is 51.3 Å². The lowest BCUT2D eigenvalue weighted by molar-refractivity contribution is -0.205. The van der Waals surface area contributed by atoms with Crippen molar-refractivity contribution in [1.29, 1.82) is 0 Å². The van der Waals surface area contributed by atoms with Gasteiger partial charge in [-0.15, -0.1) is 23.4 Å². The van der Waals surface area contributed by atoms with E-state index >= 15 is 0 Å². The van der Waals surface area contributed by atoms with Crippen LogP contribution in [0.4, 0.5) is 0 Å². The molecular weight excluding hydrogens is 468 g/mol. The number of amides is 1. The lowest BCUT2D eigenvalue weighted by atomic mass is 9.85. The number of likely N-dealkylation sites (N-methyl/N-ethyl adjacent to an activating group) is 1. The van der Waals surface area contributed by atoms with Crippen LogP contribution >= 0.6 is 23.4 Å².